The molecule has 2 aromatic carbocycles. The molecule has 0 saturated heterocycles. The normalized spacial score (nSPS) is 13.5. The number of hydrogen-bond donors (Lipinski definition) is 2. The Morgan fingerprint density at radius 3 is 2.61 bits per heavy atom. The lowest BCUT2D eigenvalue weighted by atomic mass is 10.1. The van der Waals surface area contributed by atoms with Gasteiger partial charge in [0.25, 0.3) is 0 Å². The van der Waals surface area contributed by atoms with Crippen LogP contribution in [0.3, 0.4) is 0 Å². The first-order chi connectivity index (χ1) is 15.0. The summed E-state index contributed by atoms with van der Waals surface area (Å²) in [7, 11) is 0. The molecule has 3 rings (SSSR count). The molecular formula is C25H32N4O2. The van der Waals surface area contributed by atoms with Crippen LogP contribution in [-0.2, 0) is 9.59 Å². The highest BCUT2D eigenvalue weighted by Gasteiger charge is 2.22. The highest BCUT2D eigenvalue weighted by atomic mass is 16.2. The number of amides is 2. The highest BCUT2D eigenvalue weighted by Crippen LogP contribution is 2.18. The van der Waals surface area contributed by atoms with Gasteiger partial charge in [0.2, 0.25) is 11.8 Å². The van der Waals surface area contributed by atoms with E-state index in [9.17, 15) is 9.59 Å². The van der Waals surface area contributed by atoms with E-state index in [2.05, 4.69) is 53.8 Å². The van der Waals surface area contributed by atoms with E-state index >= 15 is 0 Å². The second kappa shape index (κ2) is 10.7. The molecule has 0 unspecified atom stereocenters. The molecular weight excluding hydrogens is 388 g/mol. The Morgan fingerprint density at radius 1 is 1.13 bits per heavy atom. The lowest BCUT2D eigenvalue weighted by molar-refractivity contribution is -0.137. The summed E-state index contributed by atoms with van der Waals surface area (Å²) >= 11 is 0. The van der Waals surface area contributed by atoms with Crippen molar-refractivity contribution in [2.45, 2.75) is 33.6 Å². The fourth-order valence-corrected chi connectivity index (χ4v) is 3.59. The average molecular weight is 421 g/mol. The van der Waals surface area contributed by atoms with E-state index in [0.717, 1.165) is 30.8 Å². The lowest BCUT2D eigenvalue weighted by Crippen LogP contribution is -2.49. The molecule has 164 valence electrons. The number of anilines is 1. The van der Waals surface area contributed by atoms with Gasteiger partial charge < -0.3 is 10.2 Å². The molecule has 0 aliphatic carbocycles. The number of nitrogens with zero attached hydrogens (tertiary/aromatic N) is 2. The molecule has 0 fully saturated rings. The van der Waals surface area contributed by atoms with Gasteiger partial charge in [0.1, 0.15) is 6.54 Å². The van der Waals surface area contributed by atoms with Gasteiger partial charge >= 0.3 is 0 Å². The van der Waals surface area contributed by atoms with E-state index in [-0.39, 0.29) is 24.8 Å². The van der Waals surface area contributed by atoms with Gasteiger partial charge in [-0.3, -0.25) is 15.0 Å². The third-order valence-electron chi connectivity index (χ3n) is 5.38. The maximum atomic E-state index is 12.4. The number of carbonyl (C=O) groups is 2. The van der Waals surface area contributed by atoms with Crippen molar-refractivity contribution >= 4 is 23.2 Å². The molecule has 1 heterocycles. The number of aryl methyl sites for hydroxylation is 2. The minimum atomic E-state index is -0.162. The summed E-state index contributed by atoms with van der Waals surface area (Å²) in [6.07, 6.45) is 2.99. The Labute approximate surface area is 184 Å². The maximum absolute atomic E-state index is 12.4. The largest absolute Gasteiger partial charge is 0.372 e. The summed E-state index contributed by atoms with van der Waals surface area (Å²) in [5.74, 6) is -0.271. The van der Waals surface area contributed by atoms with E-state index in [1.807, 2.05) is 37.3 Å². The number of rotatable bonds is 9. The Bertz CT molecular complexity index is 937. The fourth-order valence-electron chi connectivity index (χ4n) is 3.59. The summed E-state index contributed by atoms with van der Waals surface area (Å²) in [6.45, 7) is 8.61. The molecule has 2 N–H and O–H groups in total. The Balaban J connectivity index is 1.45. The third-order valence-corrected chi connectivity index (χ3v) is 5.38. The van der Waals surface area contributed by atoms with Crippen molar-refractivity contribution in [3.05, 3.63) is 71.3 Å². The van der Waals surface area contributed by atoms with Crippen LogP contribution < -0.4 is 15.6 Å². The fraction of sp³-hybridized carbons (Fsp3) is 0.360. The molecule has 1 aliphatic heterocycles. The van der Waals surface area contributed by atoms with Crippen molar-refractivity contribution in [1.29, 1.82) is 0 Å². The number of benzene rings is 2. The number of carbonyl (C=O) groups excluding carboxylic acids is 2. The monoisotopic (exact) mass is 420 g/mol. The van der Waals surface area contributed by atoms with Crippen LogP contribution in [0.25, 0.3) is 5.70 Å². The lowest BCUT2D eigenvalue weighted by Gasteiger charge is -2.29. The number of hydrazine groups is 1. The van der Waals surface area contributed by atoms with Crippen molar-refractivity contribution in [1.82, 2.24) is 15.8 Å². The molecule has 0 radical (unpaired) electrons. The molecule has 2 amide bonds. The molecule has 0 atom stereocenters. The van der Waals surface area contributed by atoms with Crippen LogP contribution in [0.2, 0.25) is 0 Å². The van der Waals surface area contributed by atoms with Crippen LogP contribution in [0, 0.1) is 13.8 Å². The van der Waals surface area contributed by atoms with Crippen LogP contribution in [-0.4, -0.2) is 43.0 Å². The summed E-state index contributed by atoms with van der Waals surface area (Å²) in [5.41, 5.74) is 8.56. The summed E-state index contributed by atoms with van der Waals surface area (Å²) < 4.78 is 0. The first-order valence-electron chi connectivity index (χ1n) is 10.9. The van der Waals surface area contributed by atoms with Crippen molar-refractivity contribution < 1.29 is 9.59 Å². The van der Waals surface area contributed by atoms with Gasteiger partial charge in [-0.15, -0.1) is 0 Å². The molecule has 6 heteroatoms. The predicted molar refractivity (Wildman–Crippen MR) is 125 cm³/mol. The summed E-state index contributed by atoms with van der Waals surface area (Å²) in [6, 6.07) is 16.5. The molecule has 2 aromatic rings. The van der Waals surface area contributed by atoms with Gasteiger partial charge in [-0.05, 0) is 56.5 Å². The van der Waals surface area contributed by atoms with Crippen LogP contribution in [0.1, 0.15) is 36.5 Å². The summed E-state index contributed by atoms with van der Waals surface area (Å²) in [4.78, 5) is 26.9. The molecule has 0 bridgehead atoms. The van der Waals surface area contributed by atoms with Crippen LogP contribution >= 0.6 is 0 Å². The standard InChI is InChI=1S/C25H32N4O2/c1-4-28(22-8-5-7-20(3)17-22)16-6-15-26-24(30)18-29-25(31)14-13-23(27-29)21-11-9-19(2)10-12-21/h5,7-13,17,27H,4,6,14-16,18H2,1-3H3,(H,26,30). The van der Waals surface area contributed by atoms with Crippen molar-refractivity contribution in [3.8, 4) is 0 Å². The van der Waals surface area contributed by atoms with Gasteiger partial charge in [-0.2, -0.15) is 0 Å². The van der Waals surface area contributed by atoms with Crippen LogP contribution in [0.5, 0.6) is 0 Å². The van der Waals surface area contributed by atoms with E-state index < -0.39 is 0 Å². The van der Waals surface area contributed by atoms with Crippen LogP contribution in [0.4, 0.5) is 5.69 Å². The molecule has 31 heavy (non-hydrogen) atoms. The van der Waals surface area contributed by atoms with E-state index in [0.29, 0.717) is 6.54 Å². The minimum absolute atomic E-state index is 0.00257. The topological polar surface area (TPSA) is 64.7 Å². The van der Waals surface area contributed by atoms with Crippen molar-refractivity contribution in [3.63, 3.8) is 0 Å². The Hall–Kier alpha value is -3.28. The predicted octanol–water partition coefficient (Wildman–Crippen LogP) is 3.41. The Kier molecular flexibility index (Phi) is 7.70. The number of nitrogens with one attached hydrogen (secondary N) is 2. The van der Waals surface area contributed by atoms with Gasteiger partial charge in [0.05, 0.1) is 5.70 Å². The molecule has 0 spiro atoms. The van der Waals surface area contributed by atoms with Gasteiger partial charge in [-0.1, -0.05) is 42.0 Å². The number of hydrogen-bond acceptors (Lipinski definition) is 4. The zero-order valence-electron chi connectivity index (χ0n) is 18.6. The molecule has 1 aliphatic rings. The molecule has 0 aromatic heterocycles. The Morgan fingerprint density at radius 2 is 1.90 bits per heavy atom. The average Bonchev–Trinajstić information content (AvgIpc) is 2.76. The van der Waals surface area contributed by atoms with E-state index in [1.165, 1.54) is 21.8 Å². The van der Waals surface area contributed by atoms with Gasteiger partial charge in [0.15, 0.2) is 0 Å². The van der Waals surface area contributed by atoms with E-state index in [4.69, 9.17) is 0 Å². The maximum Gasteiger partial charge on any atom is 0.245 e. The molecule has 6 nitrogen and oxygen atoms in total. The molecule has 0 saturated carbocycles. The van der Waals surface area contributed by atoms with Crippen molar-refractivity contribution in [2.24, 2.45) is 0 Å². The SMILES string of the molecule is CCN(CCCNC(=O)CN1NC(c2ccc(C)cc2)=CCC1=O)c1cccc(C)c1. The van der Waals surface area contributed by atoms with Gasteiger partial charge in [0, 0.05) is 31.7 Å². The summed E-state index contributed by atoms with van der Waals surface area (Å²) in [5, 5.41) is 4.33. The second-order valence-corrected chi connectivity index (χ2v) is 7.90. The van der Waals surface area contributed by atoms with Gasteiger partial charge in [-0.25, -0.2) is 5.01 Å². The quantitative estimate of drug-likeness (QED) is 0.610. The first-order valence-corrected chi connectivity index (χ1v) is 10.9. The third kappa shape index (κ3) is 6.35. The highest BCUT2D eigenvalue weighted by molar-refractivity contribution is 5.88. The zero-order valence-corrected chi connectivity index (χ0v) is 18.6. The minimum Gasteiger partial charge on any atom is -0.372 e. The smallest absolute Gasteiger partial charge is 0.245 e. The zero-order chi connectivity index (χ0) is 22.2. The first kappa shape index (κ1) is 22.4. The second-order valence-electron chi connectivity index (χ2n) is 7.90. The van der Waals surface area contributed by atoms with Crippen LogP contribution in [0.15, 0.2) is 54.6 Å². The van der Waals surface area contributed by atoms with Crippen molar-refractivity contribution in [2.75, 3.05) is 31.1 Å². The van der Waals surface area contributed by atoms with E-state index in [1.54, 1.807) is 0 Å².